The van der Waals surface area contributed by atoms with Crippen LogP contribution in [0.4, 0.5) is 0 Å². The van der Waals surface area contributed by atoms with E-state index in [1.807, 2.05) is 6.07 Å². The van der Waals surface area contributed by atoms with E-state index in [1.165, 1.54) is 54.7 Å². The lowest BCUT2D eigenvalue weighted by molar-refractivity contribution is 0.0728. The van der Waals surface area contributed by atoms with E-state index in [9.17, 15) is 0 Å². The first kappa shape index (κ1) is 20.3. The number of hydrogen-bond acceptors (Lipinski definition) is 3. The van der Waals surface area contributed by atoms with E-state index in [1.54, 1.807) is 0 Å². The highest BCUT2D eigenvalue weighted by Crippen LogP contribution is 2.34. The number of benzene rings is 3. The summed E-state index contributed by atoms with van der Waals surface area (Å²) < 4.78 is 20.0. The first-order chi connectivity index (χ1) is 15.9. The van der Waals surface area contributed by atoms with Crippen LogP contribution in [-0.2, 0) is 9.31 Å². The molecule has 3 aromatic carbocycles. The van der Waals surface area contributed by atoms with E-state index in [4.69, 9.17) is 13.7 Å². The van der Waals surface area contributed by atoms with Crippen LogP contribution in [0.1, 0.15) is 64.2 Å². The van der Waals surface area contributed by atoms with Gasteiger partial charge in [-0.3, -0.25) is 0 Å². The van der Waals surface area contributed by atoms with Crippen LogP contribution in [0, 0.1) is 0 Å². The Morgan fingerprint density at radius 2 is 1.28 bits per heavy atom. The van der Waals surface area contributed by atoms with E-state index in [0.717, 1.165) is 47.7 Å². The summed E-state index contributed by atoms with van der Waals surface area (Å²) in [4.78, 5) is 0. The van der Waals surface area contributed by atoms with Gasteiger partial charge in [0.05, 0.1) is 0 Å². The van der Waals surface area contributed by atoms with E-state index < -0.39 is 0 Å². The highest BCUT2D eigenvalue weighted by molar-refractivity contribution is 6.65. The zero-order valence-corrected chi connectivity index (χ0v) is 18.7. The minimum absolute atomic E-state index is 0.267. The molecule has 0 aliphatic heterocycles. The van der Waals surface area contributed by atoms with Crippen molar-refractivity contribution in [1.29, 1.82) is 0 Å². The molecule has 0 bridgehead atoms. The zero-order valence-electron chi connectivity index (χ0n) is 18.7. The maximum absolute atomic E-state index is 6.75. The van der Waals surface area contributed by atoms with Gasteiger partial charge in [-0.25, -0.2) is 0 Å². The molecule has 6 rings (SSSR count). The van der Waals surface area contributed by atoms with Crippen LogP contribution in [-0.4, -0.2) is 19.3 Å². The van der Waals surface area contributed by atoms with Gasteiger partial charge >= 0.3 is 7.12 Å². The number of fused-ring (bicyclic) bond motifs is 5. The van der Waals surface area contributed by atoms with Crippen LogP contribution in [0.5, 0.6) is 0 Å². The predicted octanol–water partition coefficient (Wildman–Crippen LogP) is 7.13. The third kappa shape index (κ3) is 3.84. The summed E-state index contributed by atoms with van der Waals surface area (Å²) in [6, 6.07) is 19.2. The molecule has 32 heavy (non-hydrogen) atoms. The molecule has 0 radical (unpaired) electrons. The molecule has 4 aromatic rings. The third-order valence-corrected chi connectivity index (χ3v) is 7.39. The van der Waals surface area contributed by atoms with Gasteiger partial charge < -0.3 is 13.7 Å². The third-order valence-electron chi connectivity index (χ3n) is 7.39. The molecule has 2 aliphatic carbocycles. The van der Waals surface area contributed by atoms with Crippen molar-refractivity contribution in [3.63, 3.8) is 0 Å². The summed E-state index contributed by atoms with van der Waals surface area (Å²) in [7, 11) is -0.381. The monoisotopic (exact) mass is 426 g/mol. The summed E-state index contributed by atoms with van der Waals surface area (Å²) in [5.41, 5.74) is 2.89. The first-order valence-electron chi connectivity index (χ1n) is 12.5. The normalized spacial score (nSPS) is 18.6. The van der Waals surface area contributed by atoms with Gasteiger partial charge in [0.2, 0.25) is 0 Å². The average Bonchev–Trinajstić information content (AvgIpc) is 3.24. The fourth-order valence-electron chi connectivity index (χ4n) is 5.71. The van der Waals surface area contributed by atoms with E-state index in [0.29, 0.717) is 0 Å². The molecule has 0 unspecified atom stereocenters. The average molecular weight is 426 g/mol. The molecule has 164 valence electrons. The second kappa shape index (κ2) is 8.92. The van der Waals surface area contributed by atoms with Crippen molar-refractivity contribution in [1.82, 2.24) is 0 Å². The van der Waals surface area contributed by atoms with Crippen LogP contribution in [0.25, 0.3) is 32.7 Å². The van der Waals surface area contributed by atoms with Gasteiger partial charge in [0, 0.05) is 28.4 Å². The number of furan rings is 1. The molecule has 3 nitrogen and oxygen atoms in total. The van der Waals surface area contributed by atoms with Gasteiger partial charge in [-0.1, -0.05) is 87.1 Å². The standard InChI is InChI=1S/C28H31BO3/c1-3-12-21(13-4-1)31-29(32-22-14-5-2-6-15-22)25-19-20-11-7-8-16-23(20)27-24-17-9-10-18-26(24)30-28(25)27/h7-11,16-19,21-22H,1-6,12-15H2. The Morgan fingerprint density at radius 1 is 0.688 bits per heavy atom. The minimum Gasteiger partial charge on any atom is -0.456 e. The van der Waals surface area contributed by atoms with E-state index in [-0.39, 0.29) is 19.3 Å². The van der Waals surface area contributed by atoms with Crippen LogP contribution < -0.4 is 5.46 Å². The molecule has 0 saturated heterocycles. The van der Waals surface area contributed by atoms with Crippen molar-refractivity contribution in [3.05, 3.63) is 54.6 Å². The molecule has 0 N–H and O–H groups in total. The Kier molecular flexibility index (Phi) is 5.66. The summed E-state index contributed by atoms with van der Waals surface area (Å²) in [6.45, 7) is 0. The quantitative estimate of drug-likeness (QED) is 0.318. The molecule has 2 aliphatic rings. The molecule has 1 heterocycles. The summed E-state index contributed by atoms with van der Waals surface area (Å²) in [5.74, 6) is 0. The van der Waals surface area contributed by atoms with Crippen LogP contribution in [0.2, 0.25) is 0 Å². The number of hydrogen-bond donors (Lipinski definition) is 0. The highest BCUT2D eigenvalue weighted by atomic mass is 16.6. The zero-order chi connectivity index (χ0) is 21.3. The highest BCUT2D eigenvalue weighted by Gasteiger charge is 2.33. The van der Waals surface area contributed by atoms with Crippen molar-refractivity contribution in [2.75, 3.05) is 0 Å². The first-order valence-corrected chi connectivity index (χ1v) is 12.5. The molecular weight excluding hydrogens is 395 g/mol. The SMILES string of the molecule is c1ccc2c(c1)cc(B(OC1CCCCC1)OC1CCCCC1)c1oc3ccccc3c12. The maximum Gasteiger partial charge on any atom is 0.498 e. The summed E-state index contributed by atoms with van der Waals surface area (Å²) in [5, 5.41) is 4.78. The fraction of sp³-hybridized carbons (Fsp3) is 0.429. The Morgan fingerprint density at radius 3 is 1.97 bits per heavy atom. The van der Waals surface area contributed by atoms with Crippen LogP contribution in [0.15, 0.2) is 59.0 Å². The topological polar surface area (TPSA) is 31.6 Å². The molecule has 1 aromatic heterocycles. The van der Waals surface area contributed by atoms with Crippen molar-refractivity contribution < 1.29 is 13.7 Å². The Bertz CT molecular complexity index is 1200. The molecule has 2 fully saturated rings. The lowest BCUT2D eigenvalue weighted by Crippen LogP contribution is -2.44. The van der Waals surface area contributed by atoms with Gasteiger partial charge in [-0.15, -0.1) is 0 Å². The van der Waals surface area contributed by atoms with Crippen LogP contribution in [0.3, 0.4) is 0 Å². The molecule has 0 amide bonds. The number of rotatable bonds is 5. The van der Waals surface area contributed by atoms with Crippen molar-refractivity contribution in [3.8, 4) is 0 Å². The second-order valence-corrected chi connectivity index (χ2v) is 9.61. The minimum atomic E-state index is -0.381. The van der Waals surface area contributed by atoms with Crippen molar-refractivity contribution >= 4 is 45.3 Å². The molecule has 4 heteroatoms. The smallest absolute Gasteiger partial charge is 0.456 e. The molecule has 0 spiro atoms. The Balaban J connectivity index is 1.50. The lowest BCUT2D eigenvalue weighted by atomic mass is 9.75. The van der Waals surface area contributed by atoms with E-state index >= 15 is 0 Å². The molecule has 0 atom stereocenters. The Labute approximate surface area is 190 Å². The Hall–Kier alpha value is -2.30. The molecule has 2 saturated carbocycles. The summed E-state index contributed by atoms with van der Waals surface area (Å²) in [6.07, 6.45) is 12.7. The van der Waals surface area contributed by atoms with Gasteiger partial charge in [-0.05, 0) is 42.5 Å². The van der Waals surface area contributed by atoms with Gasteiger partial charge in [0.1, 0.15) is 11.2 Å². The fourth-order valence-corrected chi connectivity index (χ4v) is 5.71. The number of para-hydroxylation sites is 1. The van der Waals surface area contributed by atoms with Crippen molar-refractivity contribution in [2.45, 2.75) is 76.4 Å². The molecular formula is C28H31BO3. The lowest BCUT2D eigenvalue weighted by Gasteiger charge is -2.30. The van der Waals surface area contributed by atoms with Gasteiger partial charge in [-0.2, -0.15) is 0 Å². The summed E-state index contributed by atoms with van der Waals surface area (Å²) >= 11 is 0. The van der Waals surface area contributed by atoms with Crippen molar-refractivity contribution in [2.24, 2.45) is 0 Å². The second-order valence-electron chi connectivity index (χ2n) is 9.61. The predicted molar refractivity (Wildman–Crippen MR) is 133 cm³/mol. The van der Waals surface area contributed by atoms with Gasteiger partial charge in [0.25, 0.3) is 0 Å². The largest absolute Gasteiger partial charge is 0.498 e. The van der Waals surface area contributed by atoms with Crippen LogP contribution >= 0.6 is 0 Å². The maximum atomic E-state index is 6.75. The van der Waals surface area contributed by atoms with E-state index in [2.05, 4.69) is 48.5 Å². The van der Waals surface area contributed by atoms with Gasteiger partial charge in [0.15, 0.2) is 0 Å².